The molecule has 23 heavy (non-hydrogen) atoms. The van der Waals surface area contributed by atoms with Gasteiger partial charge in [0.25, 0.3) is 0 Å². The normalized spacial score (nSPS) is 19.2. The zero-order valence-electron chi connectivity index (χ0n) is 13.1. The van der Waals surface area contributed by atoms with Gasteiger partial charge in [0, 0.05) is 12.7 Å². The lowest BCUT2D eigenvalue weighted by Gasteiger charge is -2.34. The lowest BCUT2D eigenvalue weighted by molar-refractivity contribution is 0.134. The number of nitrogens with zero attached hydrogens (tertiary/aromatic N) is 3. The average Bonchev–Trinajstić information content (AvgIpc) is 2.99. The number of nitrogens with one attached hydrogen (secondary N) is 1. The van der Waals surface area contributed by atoms with E-state index in [1.54, 1.807) is 6.20 Å². The zero-order chi connectivity index (χ0) is 15.6. The van der Waals surface area contributed by atoms with Crippen molar-refractivity contribution in [3.05, 3.63) is 54.0 Å². The van der Waals surface area contributed by atoms with Gasteiger partial charge in [0.2, 0.25) is 0 Å². The number of hydrogen-bond donors (Lipinski definition) is 2. The van der Waals surface area contributed by atoms with Crippen molar-refractivity contribution in [2.45, 2.75) is 31.8 Å². The number of H-pyrrole nitrogens is 1. The minimum atomic E-state index is 0.338. The van der Waals surface area contributed by atoms with Crippen molar-refractivity contribution in [1.29, 1.82) is 0 Å². The number of anilines is 1. The predicted molar refractivity (Wildman–Crippen MR) is 91.7 cm³/mol. The van der Waals surface area contributed by atoms with E-state index in [-0.39, 0.29) is 0 Å². The van der Waals surface area contributed by atoms with Gasteiger partial charge in [-0.25, -0.2) is 9.97 Å². The van der Waals surface area contributed by atoms with Crippen molar-refractivity contribution in [2.75, 3.05) is 12.3 Å². The first-order chi connectivity index (χ1) is 11.3. The summed E-state index contributed by atoms with van der Waals surface area (Å²) in [5.74, 6) is 1.66. The fraction of sp³-hybridized carbons (Fsp3) is 0.333. The quantitative estimate of drug-likeness (QED) is 0.779. The molecule has 1 atom stereocenters. The number of nitrogen functional groups attached to an aromatic ring is 1. The number of benzene rings is 1. The largest absolute Gasteiger partial charge is 0.384 e. The minimum Gasteiger partial charge on any atom is -0.384 e. The van der Waals surface area contributed by atoms with Gasteiger partial charge in [-0.2, -0.15) is 0 Å². The molecule has 0 spiro atoms. The molecule has 0 saturated carbocycles. The Labute approximate surface area is 135 Å². The number of para-hydroxylation sites is 2. The summed E-state index contributed by atoms with van der Waals surface area (Å²) in [6.45, 7) is 1.97. The summed E-state index contributed by atoms with van der Waals surface area (Å²) >= 11 is 0. The second-order valence-electron chi connectivity index (χ2n) is 6.21. The highest BCUT2D eigenvalue weighted by Crippen LogP contribution is 2.31. The minimum absolute atomic E-state index is 0.338. The molecule has 1 aliphatic heterocycles. The molecule has 1 aliphatic rings. The molecule has 0 unspecified atom stereocenters. The molecule has 0 amide bonds. The Morgan fingerprint density at radius 3 is 3.00 bits per heavy atom. The molecule has 3 heterocycles. The van der Waals surface area contributed by atoms with Gasteiger partial charge in [-0.15, -0.1) is 0 Å². The molecule has 5 nitrogen and oxygen atoms in total. The van der Waals surface area contributed by atoms with E-state index in [0.717, 1.165) is 36.4 Å². The summed E-state index contributed by atoms with van der Waals surface area (Å²) in [6, 6.07) is 12.6. The van der Waals surface area contributed by atoms with Crippen molar-refractivity contribution >= 4 is 16.9 Å². The lowest BCUT2D eigenvalue weighted by atomic mass is 10.0. The van der Waals surface area contributed by atoms with Crippen LogP contribution < -0.4 is 5.73 Å². The number of likely N-dealkylation sites (tertiary alicyclic amines) is 1. The molecule has 3 N–H and O–H groups in total. The molecule has 5 heteroatoms. The van der Waals surface area contributed by atoms with E-state index in [1.165, 1.54) is 18.4 Å². The van der Waals surface area contributed by atoms with Crippen LogP contribution in [0.4, 0.5) is 5.82 Å². The monoisotopic (exact) mass is 307 g/mol. The molecule has 2 aromatic heterocycles. The van der Waals surface area contributed by atoms with Crippen LogP contribution in [0.3, 0.4) is 0 Å². The van der Waals surface area contributed by atoms with Crippen LogP contribution in [0.1, 0.15) is 36.7 Å². The Hall–Kier alpha value is -2.40. The van der Waals surface area contributed by atoms with Crippen LogP contribution in [0.5, 0.6) is 0 Å². The van der Waals surface area contributed by atoms with Crippen LogP contribution in [-0.2, 0) is 6.54 Å². The van der Waals surface area contributed by atoms with Gasteiger partial charge in [-0.1, -0.05) is 18.6 Å². The summed E-state index contributed by atoms with van der Waals surface area (Å²) in [7, 11) is 0. The molecular weight excluding hydrogens is 286 g/mol. The lowest BCUT2D eigenvalue weighted by Crippen LogP contribution is -2.33. The topological polar surface area (TPSA) is 70.8 Å². The third-order valence-electron chi connectivity index (χ3n) is 4.57. The molecule has 1 saturated heterocycles. The second kappa shape index (κ2) is 6.01. The van der Waals surface area contributed by atoms with Gasteiger partial charge in [0.05, 0.1) is 17.1 Å². The van der Waals surface area contributed by atoms with Crippen molar-refractivity contribution in [3.8, 4) is 0 Å². The standard InChI is InChI=1S/C18H21N5/c19-17-11-13(8-9-20-17)12-23-10-4-3-7-16(23)18-21-14-5-1-2-6-15(14)22-18/h1-2,5-6,8-9,11,16H,3-4,7,10,12H2,(H2,19,20)(H,21,22)/t16-/m0/s1. The van der Waals surface area contributed by atoms with Gasteiger partial charge >= 0.3 is 0 Å². The summed E-state index contributed by atoms with van der Waals surface area (Å²) < 4.78 is 0. The van der Waals surface area contributed by atoms with Crippen molar-refractivity contribution < 1.29 is 0 Å². The first kappa shape index (κ1) is 14.2. The Bertz CT molecular complexity index is 777. The van der Waals surface area contributed by atoms with E-state index in [4.69, 9.17) is 10.7 Å². The number of fused-ring (bicyclic) bond motifs is 1. The molecule has 0 bridgehead atoms. The van der Waals surface area contributed by atoms with Crippen molar-refractivity contribution in [1.82, 2.24) is 19.9 Å². The average molecular weight is 307 g/mol. The number of piperidine rings is 1. The van der Waals surface area contributed by atoms with E-state index in [1.807, 2.05) is 24.3 Å². The maximum atomic E-state index is 5.81. The van der Waals surface area contributed by atoms with Crippen LogP contribution in [0, 0.1) is 0 Å². The van der Waals surface area contributed by atoms with Crippen LogP contribution in [0.15, 0.2) is 42.6 Å². The van der Waals surface area contributed by atoms with Gasteiger partial charge in [-0.05, 0) is 49.2 Å². The highest BCUT2D eigenvalue weighted by molar-refractivity contribution is 5.74. The number of rotatable bonds is 3. The summed E-state index contributed by atoms with van der Waals surface area (Å²) in [5.41, 5.74) is 9.18. The van der Waals surface area contributed by atoms with Crippen LogP contribution in [0.2, 0.25) is 0 Å². The summed E-state index contributed by atoms with van der Waals surface area (Å²) in [5, 5.41) is 0. The Morgan fingerprint density at radius 1 is 1.22 bits per heavy atom. The van der Waals surface area contributed by atoms with Crippen LogP contribution in [-0.4, -0.2) is 26.4 Å². The van der Waals surface area contributed by atoms with Gasteiger partial charge in [-0.3, -0.25) is 4.90 Å². The number of pyridine rings is 1. The number of aromatic nitrogens is 3. The number of nitrogens with two attached hydrogens (primary N) is 1. The fourth-order valence-electron chi connectivity index (χ4n) is 3.45. The second-order valence-corrected chi connectivity index (χ2v) is 6.21. The highest BCUT2D eigenvalue weighted by atomic mass is 15.2. The molecule has 1 fully saturated rings. The molecule has 0 aliphatic carbocycles. The number of hydrogen-bond acceptors (Lipinski definition) is 4. The molecule has 4 rings (SSSR count). The number of imidazole rings is 1. The summed E-state index contributed by atoms with van der Waals surface area (Å²) in [4.78, 5) is 14.9. The first-order valence-corrected chi connectivity index (χ1v) is 8.19. The maximum absolute atomic E-state index is 5.81. The van der Waals surface area contributed by atoms with Gasteiger partial charge < -0.3 is 10.7 Å². The van der Waals surface area contributed by atoms with Crippen molar-refractivity contribution in [3.63, 3.8) is 0 Å². The van der Waals surface area contributed by atoms with Gasteiger partial charge in [0.1, 0.15) is 11.6 Å². The number of aromatic amines is 1. The molecule has 0 radical (unpaired) electrons. The van der Waals surface area contributed by atoms with Crippen molar-refractivity contribution in [2.24, 2.45) is 0 Å². The van der Waals surface area contributed by atoms with E-state index in [9.17, 15) is 0 Å². The highest BCUT2D eigenvalue weighted by Gasteiger charge is 2.26. The molecule has 1 aromatic carbocycles. The maximum Gasteiger partial charge on any atom is 0.124 e. The SMILES string of the molecule is Nc1cc(CN2CCCC[C@H]2c2nc3ccccc3[nH]2)ccn1. The smallest absolute Gasteiger partial charge is 0.124 e. The van der Waals surface area contributed by atoms with Gasteiger partial charge in [0.15, 0.2) is 0 Å². The molecule has 118 valence electrons. The van der Waals surface area contributed by atoms with Crippen LogP contribution >= 0.6 is 0 Å². The Balaban J connectivity index is 1.62. The van der Waals surface area contributed by atoms with E-state index in [2.05, 4.69) is 27.0 Å². The summed E-state index contributed by atoms with van der Waals surface area (Å²) in [6.07, 6.45) is 5.40. The predicted octanol–water partition coefficient (Wildman–Crippen LogP) is 3.27. The Morgan fingerprint density at radius 2 is 2.13 bits per heavy atom. The third-order valence-corrected chi connectivity index (χ3v) is 4.57. The molecular formula is C18H21N5. The van der Waals surface area contributed by atoms with E-state index >= 15 is 0 Å². The molecule has 3 aromatic rings. The fourth-order valence-corrected chi connectivity index (χ4v) is 3.45. The van der Waals surface area contributed by atoms with E-state index < -0.39 is 0 Å². The van der Waals surface area contributed by atoms with Crippen LogP contribution in [0.25, 0.3) is 11.0 Å². The first-order valence-electron chi connectivity index (χ1n) is 8.19. The van der Waals surface area contributed by atoms with E-state index in [0.29, 0.717) is 11.9 Å². The Kier molecular flexibility index (Phi) is 3.71. The third kappa shape index (κ3) is 2.92. The zero-order valence-corrected chi connectivity index (χ0v) is 13.1.